The Balaban J connectivity index is 4.12. The lowest BCUT2D eigenvalue weighted by Gasteiger charge is -2.19. The molecule has 0 fully saturated rings. The molecular formula is C9H18N2O4. The van der Waals surface area contributed by atoms with Gasteiger partial charge in [-0.25, -0.2) is 4.79 Å². The molecule has 0 aromatic carbocycles. The van der Waals surface area contributed by atoms with E-state index in [1.54, 1.807) is 14.0 Å². The van der Waals surface area contributed by atoms with Gasteiger partial charge in [0.25, 0.3) is 5.91 Å². The molecule has 1 amide bonds. The second kappa shape index (κ2) is 7.19. The molecule has 0 radical (unpaired) electrons. The third-order valence-corrected chi connectivity index (χ3v) is 1.81. The number of nitrogens with zero attached hydrogens (tertiary/aromatic N) is 1. The third-order valence-electron chi connectivity index (χ3n) is 1.81. The third kappa shape index (κ3) is 4.75. The lowest BCUT2D eigenvalue weighted by Crippen LogP contribution is -2.48. The van der Waals surface area contributed by atoms with Crippen LogP contribution in [0.15, 0.2) is 0 Å². The Morgan fingerprint density at radius 1 is 1.47 bits per heavy atom. The fraction of sp³-hybridized carbons (Fsp3) is 0.778. The van der Waals surface area contributed by atoms with Crippen LogP contribution < -0.4 is 5.73 Å². The summed E-state index contributed by atoms with van der Waals surface area (Å²) in [5.41, 5.74) is 5.41. The van der Waals surface area contributed by atoms with Gasteiger partial charge in [0.2, 0.25) is 0 Å². The normalized spacial score (nSPS) is 12.0. The monoisotopic (exact) mass is 218 g/mol. The second-order valence-electron chi connectivity index (χ2n) is 2.98. The summed E-state index contributed by atoms with van der Waals surface area (Å²) in [4.78, 5) is 24.0. The van der Waals surface area contributed by atoms with E-state index in [-0.39, 0.29) is 6.61 Å². The van der Waals surface area contributed by atoms with E-state index in [0.717, 1.165) is 0 Å². The van der Waals surface area contributed by atoms with Crippen LogP contribution in [0.2, 0.25) is 0 Å². The van der Waals surface area contributed by atoms with Crippen LogP contribution in [0, 0.1) is 0 Å². The van der Waals surface area contributed by atoms with Crippen LogP contribution >= 0.6 is 0 Å². The summed E-state index contributed by atoms with van der Waals surface area (Å²) in [5, 5.41) is 0. The van der Waals surface area contributed by atoms with Gasteiger partial charge in [0.1, 0.15) is 0 Å². The molecule has 0 saturated carbocycles. The minimum Gasteiger partial charge on any atom is -0.464 e. The van der Waals surface area contributed by atoms with Crippen LogP contribution in [0.5, 0.6) is 0 Å². The topological polar surface area (TPSA) is 81.9 Å². The van der Waals surface area contributed by atoms with E-state index in [4.69, 9.17) is 10.5 Å². The second-order valence-corrected chi connectivity index (χ2v) is 2.98. The molecule has 0 heterocycles. The highest BCUT2D eigenvalue weighted by Crippen LogP contribution is 1.93. The Bertz CT molecular complexity index is 220. The van der Waals surface area contributed by atoms with Gasteiger partial charge in [0.05, 0.1) is 13.2 Å². The predicted octanol–water partition coefficient (Wildman–Crippen LogP) is -1.02. The molecule has 0 rings (SSSR count). The van der Waals surface area contributed by atoms with E-state index in [1.165, 1.54) is 12.0 Å². The number of methoxy groups -OCH3 is 1. The molecule has 1 atom stereocenters. The molecule has 0 aliphatic rings. The number of likely N-dealkylation sites (N-methyl/N-ethyl adjacent to an activating group) is 1. The van der Waals surface area contributed by atoms with Crippen molar-refractivity contribution in [2.75, 3.05) is 33.9 Å². The van der Waals surface area contributed by atoms with E-state index in [2.05, 4.69) is 4.74 Å². The van der Waals surface area contributed by atoms with Gasteiger partial charge in [-0.15, -0.1) is 0 Å². The maximum Gasteiger partial charge on any atom is 0.332 e. The fourth-order valence-corrected chi connectivity index (χ4v) is 0.909. The zero-order valence-corrected chi connectivity index (χ0v) is 9.36. The minimum atomic E-state index is -1.24. The number of esters is 1. The lowest BCUT2D eigenvalue weighted by molar-refractivity contribution is -0.150. The van der Waals surface area contributed by atoms with Crippen LogP contribution in [0.4, 0.5) is 0 Å². The van der Waals surface area contributed by atoms with E-state index in [9.17, 15) is 9.59 Å². The van der Waals surface area contributed by atoms with Crippen molar-refractivity contribution in [1.82, 2.24) is 4.90 Å². The highest BCUT2D eigenvalue weighted by molar-refractivity contribution is 6.01. The van der Waals surface area contributed by atoms with E-state index in [0.29, 0.717) is 13.2 Å². The van der Waals surface area contributed by atoms with Gasteiger partial charge >= 0.3 is 5.97 Å². The molecule has 6 nitrogen and oxygen atoms in total. The number of carbonyl (C=O) groups excluding carboxylic acids is 2. The Labute approximate surface area is 89.3 Å². The van der Waals surface area contributed by atoms with Gasteiger partial charge in [0, 0.05) is 20.7 Å². The van der Waals surface area contributed by atoms with Gasteiger partial charge in [-0.05, 0) is 6.92 Å². The molecule has 1 unspecified atom stereocenters. The van der Waals surface area contributed by atoms with Crippen molar-refractivity contribution < 1.29 is 19.1 Å². The zero-order valence-electron chi connectivity index (χ0n) is 9.36. The fourth-order valence-electron chi connectivity index (χ4n) is 0.909. The first kappa shape index (κ1) is 13.9. The van der Waals surface area contributed by atoms with Crippen LogP contribution in [0.1, 0.15) is 6.92 Å². The first-order chi connectivity index (χ1) is 7.04. The van der Waals surface area contributed by atoms with Crippen molar-refractivity contribution in [2.24, 2.45) is 5.73 Å². The molecule has 0 spiro atoms. The van der Waals surface area contributed by atoms with E-state index < -0.39 is 17.9 Å². The highest BCUT2D eigenvalue weighted by atomic mass is 16.5. The molecule has 88 valence electrons. The first-order valence-corrected chi connectivity index (χ1v) is 4.70. The van der Waals surface area contributed by atoms with Crippen molar-refractivity contribution in [3.05, 3.63) is 0 Å². The maximum absolute atomic E-state index is 11.5. The van der Waals surface area contributed by atoms with Gasteiger partial charge < -0.3 is 20.1 Å². The molecule has 0 bridgehead atoms. The molecule has 0 aliphatic carbocycles. The van der Waals surface area contributed by atoms with Crippen LogP contribution in [0.25, 0.3) is 0 Å². The summed E-state index contributed by atoms with van der Waals surface area (Å²) in [5.74, 6) is -1.17. The zero-order chi connectivity index (χ0) is 11.8. The standard InChI is InChI=1S/C9H18N2O4/c1-4-15-9(13)7(10)8(12)11(2)5-6-14-3/h7H,4-6,10H2,1-3H3. The first-order valence-electron chi connectivity index (χ1n) is 4.70. The smallest absolute Gasteiger partial charge is 0.332 e. The highest BCUT2D eigenvalue weighted by Gasteiger charge is 2.26. The average Bonchev–Trinajstić information content (AvgIpc) is 2.24. The van der Waals surface area contributed by atoms with Crippen molar-refractivity contribution in [3.8, 4) is 0 Å². The number of rotatable bonds is 6. The van der Waals surface area contributed by atoms with E-state index >= 15 is 0 Å². The van der Waals surface area contributed by atoms with Gasteiger partial charge in [-0.1, -0.05) is 0 Å². The van der Waals surface area contributed by atoms with Crippen molar-refractivity contribution >= 4 is 11.9 Å². The summed E-state index contributed by atoms with van der Waals surface area (Å²) in [6.07, 6.45) is 0. The number of hydrogen-bond donors (Lipinski definition) is 1. The SMILES string of the molecule is CCOC(=O)C(N)C(=O)N(C)CCOC. The summed E-state index contributed by atoms with van der Waals surface area (Å²) >= 11 is 0. The van der Waals surface area contributed by atoms with Crippen LogP contribution in [0.3, 0.4) is 0 Å². The molecule has 2 N–H and O–H groups in total. The van der Waals surface area contributed by atoms with Gasteiger partial charge in [-0.2, -0.15) is 0 Å². The summed E-state index contributed by atoms with van der Waals surface area (Å²) < 4.78 is 9.44. The maximum atomic E-state index is 11.5. The summed E-state index contributed by atoms with van der Waals surface area (Å²) in [6, 6.07) is -1.24. The molecule has 0 aliphatic heterocycles. The Morgan fingerprint density at radius 2 is 2.07 bits per heavy atom. The molecule has 0 aromatic heterocycles. The quantitative estimate of drug-likeness (QED) is 0.456. The van der Waals surface area contributed by atoms with Crippen LogP contribution in [-0.2, 0) is 19.1 Å². The number of ether oxygens (including phenoxy) is 2. The molecule has 6 heteroatoms. The van der Waals surface area contributed by atoms with Crippen LogP contribution in [-0.4, -0.2) is 56.7 Å². The Kier molecular flexibility index (Phi) is 6.64. The molecular weight excluding hydrogens is 200 g/mol. The largest absolute Gasteiger partial charge is 0.464 e. The lowest BCUT2D eigenvalue weighted by atomic mass is 10.3. The Morgan fingerprint density at radius 3 is 2.53 bits per heavy atom. The molecule has 0 aromatic rings. The Hall–Kier alpha value is -1.14. The van der Waals surface area contributed by atoms with Gasteiger partial charge in [-0.3, -0.25) is 4.79 Å². The van der Waals surface area contributed by atoms with Crippen molar-refractivity contribution in [3.63, 3.8) is 0 Å². The van der Waals surface area contributed by atoms with E-state index in [1.807, 2.05) is 0 Å². The summed E-state index contributed by atoms with van der Waals surface area (Å²) in [7, 11) is 3.09. The average molecular weight is 218 g/mol. The summed E-state index contributed by atoms with van der Waals surface area (Å²) in [6.45, 7) is 2.66. The number of amides is 1. The molecule has 15 heavy (non-hydrogen) atoms. The number of hydrogen-bond acceptors (Lipinski definition) is 5. The molecule has 0 saturated heterocycles. The number of nitrogens with two attached hydrogens (primary N) is 1. The minimum absolute atomic E-state index is 0.210. The van der Waals surface area contributed by atoms with Crippen molar-refractivity contribution in [1.29, 1.82) is 0 Å². The predicted molar refractivity (Wildman–Crippen MR) is 54.1 cm³/mol. The van der Waals surface area contributed by atoms with Crippen molar-refractivity contribution in [2.45, 2.75) is 13.0 Å². The van der Waals surface area contributed by atoms with Gasteiger partial charge in [0.15, 0.2) is 6.04 Å². The number of carbonyl (C=O) groups is 2.